The molecule has 0 saturated carbocycles. The highest BCUT2D eigenvalue weighted by molar-refractivity contribution is 5.50. The van der Waals surface area contributed by atoms with Crippen molar-refractivity contribution in [3.05, 3.63) is 32.4 Å². The summed E-state index contributed by atoms with van der Waals surface area (Å²) in [5.74, 6) is 0. The number of nitro groups is 2. The van der Waals surface area contributed by atoms with E-state index < -0.39 is 34.1 Å². The number of nitrogens with zero attached hydrogens (tertiary/aromatic N) is 2. The molecule has 0 aliphatic heterocycles. The second-order valence-corrected chi connectivity index (χ2v) is 6.67. The van der Waals surface area contributed by atoms with Crippen molar-refractivity contribution in [2.75, 3.05) is 0 Å². The van der Waals surface area contributed by atoms with Crippen LogP contribution in [0, 0.1) is 20.2 Å². The summed E-state index contributed by atoms with van der Waals surface area (Å²) in [4.78, 5) is 31.3. The van der Waals surface area contributed by atoms with Gasteiger partial charge in [0.05, 0.1) is 0 Å². The summed E-state index contributed by atoms with van der Waals surface area (Å²) in [6.45, 7) is 1.99. The van der Waals surface area contributed by atoms with Crippen molar-refractivity contribution in [3.8, 4) is 0 Å². The Morgan fingerprint density at radius 2 is 1.48 bits per heavy atom. The van der Waals surface area contributed by atoms with Crippen LogP contribution in [0.15, 0.2) is 12.2 Å². The van der Waals surface area contributed by atoms with E-state index in [-0.39, 0.29) is 25.7 Å². The quantitative estimate of drug-likeness (QED) is 0.169. The number of aliphatic hydroxyl groups excluding tert-OH is 2. The molecule has 0 aromatic rings. The number of rotatable bonds is 17. The fourth-order valence-electron chi connectivity index (χ4n) is 2.80. The van der Waals surface area contributed by atoms with Crippen LogP contribution in [0.25, 0.3) is 0 Å². The zero-order valence-electron chi connectivity index (χ0n) is 15.9. The van der Waals surface area contributed by atoms with E-state index in [1.807, 2.05) is 6.92 Å². The summed E-state index contributed by atoms with van der Waals surface area (Å²) in [5.41, 5.74) is 0. The Morgan fingerprint density at radius 1 is 0.889 bits per heavy atom. The van der Waals surface area contributed by atoms with Gasteiger partial charge in [0.25, 0.3) is 0 Å². The third-order valence-corrected chi connectivity index (χ3v) is 4.48. The van der Waals surface area contributed by atoms with Gasteiger partial charge in [0.15, 0.2) is 6.29 Å². The maximum atomic E-state index is 11.1. The van der Waals surface area contributed by atoms with Crippen molar-refractivity contribution < 1.29 is 24.9 Å². The van der Waals surface area contributed by atoms with E-state index in [2.05, 4.69) is 0 Å². The molecule has 155 valence electrons. The number of hydrogen-bond donors (Lipinski definition) is 2. The van der Waals surface area contributed by atoms with Gasteiger partial charge in [-0.15, -0.1) is 0 Å². The third kappa shape index (κ3) is 11.4. The maximum Gasteiger partial charge on any atom is 0.241 e. The molecule has 0 fully saturated rings. The molecule has 0 aliphatic carbocycles. The number of carbonyl (C=O) groups excluding carboxylic acids is 1. The molecule has 0 bridgehead atoms. The van der Waals surface area contributed by atoms with Gasteiger partial charge in [0, 0.05) is 29.1 Å². The van der Waals surface area contributed by atoms with Gasteiger partial charge >= 0.3 is 0 Å². The summed E-state index contributed by atoms with van der Waals surface area (Å²) in [5, 5.41) is 42.2. The molecule has 0 aromatic heterocycles. The molecule has 0 heterocycles. The van der Waals surface area contributed by atoms with Crippen LogP contribution in [0.5, 0.6) is 0 Å². The lowest BCUT2D eigenvalue weighted by Gasteiger charge is -2.15. The summed E-state index contributed by atoms with van der Waals surface area (Å²) in [6, 6.07) is -2.23. The van der Waals surface area contributed by atoms with Crippen LogP contribution in [-0.4, -0.2) is 50.6 Å². The first-order chi connectivity index (χ1) is 12.8. The van der Waals surface area contributed by atoms with Crippen LogP contribution < -0.4 is 0 Å². The van der Waals surface area contributed by atoms with Crippen molar-refractivity contribution in [2.45, 2.75) is 95.4 Å². The van der Waals surface area contributed by atoms with Crippen LogP contribution in [0.1, 0.15) is 71.1 Å². The minimum Gasteiger partial charge on any atom is -0.386 e. The van der Waals surface area contributed by atoms with Crippen molar-refractivity contribution in [1.29, 1.82) is 0 Å². The summed E-state index contributed by atoms with van der Waals surface area (Å²) < 4.78 is 0. The van der Waals surface area contributed by atoms with Crippen LogP contribution in [0.4, 0.5) is 0 Å². The van der Waals surface area contributed by atoms with Crippen LogP contribution in [0.3, 0.4) is 0 Å². The van der Waals surface area contributed by atoms with Gasteiger partial charge in [-0.3, -0.25) is 25.0 Å². The molecule has 9 nitrogen and oxygen atoms in total. The Hall–Kier alpha value is -1.87. The minimum absolute atomic E-state index is 0.0281. The van der Waals surface area contributed by atoms with E-state index in [9.17, 15) is 35.2 Å². The first-order valence-corrected chi connectivity index (χ1v) is 9.48. The molecule has 9 heteroatoms. The topological polar surface area (TPSA) is 144 Å². The second-order valence-electron chi connectivity index (χ2n) is 6.67. The van der Waals surface area contributed by atoms with Gasteiger partial charge in [-0.1, -0.05) is 38.3 Å². The standard InChI is InChI=1S/C18H31N2O7/c1-2-3-5-10-15(19(24)25)18(23)13-8-7-11-16(20(26)27)17(22)12-6-4-9-14-21/h7-8,15-18,22-23H,2-6,9-13H2,1H3/b8-7-. The van der Waals surface area contributed by atoms with E-state index >= 15 is 0 Å². The number of hydrogen-bond acceptors (Lipinski definition) is 7. The lowest BCUT2D eigenvalue weighted by Crippen LogP contribution is -2.34. The molecule has 0 aromatic carbocycles. The second kappa shape index (κ2) is 15.2. The van der Waals surface area contributed by atoms with E-state index in [0.29, 0.717) is 25.7 Å². The molecule has 0 rings (SSSR count). The Bertz CT molecular complexity index is 471. The Morgan fingerprint density at radius 3 is 2.04 bits per heavy atom. The van der Waals surface area contributed by atoms with Crippen LogP contribution in [0.2, 0.25) is 0 Å². The fourth-order valence-corrected chi connectivity index (χ4v) is 2.80. The SMILES string of the molecule is CCCCCC(C(O)C/C=C\CC(C(O)CCCC[C]=O)[N+](=O)[O-])[N+](=O)[O-]. The van der Waals surface area contributed by atoms with E-state index in [4.69, 9.17) is 0 Å². The normalized spacial score (nSPS) is 16.0. The maximum absolute atomic E-state index is 11.1. The first-order valence-electron chi connectivity index (χ1n) is 9.48. The zero-order valence-corrected chi connectivity index (χ0v) is 15.9. The molecular formula is C18H31N2O7. The molecule has 1 radical (unpaired) electrons. The lowest BCUT2D eigenvalue weighted by atomic mass is 9.99. The average Bonchev–Trinajstić information content (AvgIpc) is 2.61. The van der Waals surface area contributed by atoms with Gasteiger partial charge in [-0.05, 0) is 25.7 Å². The molecule has 0 aliphatic rings. The predicted octanol–water partition coefficient (Wildman–Crippen LogP) is 2.59. The highest BCUT2D eigenvalue weighted by Crippen LogP contribution is 2.15. The summed E-state index contributed by atoms with van der Waals surface area (Å²) in [7, 11) is 0. The van der Waals surface area contributed by atoms with Gasteiger partial charge in [-0.2, -0.15) is 0 Å². The van der Waals surface area contributed by atoms with Gasteiger partial charge in [0.1, 0.15) is 12.2 Å². The van der Waals surface area contributed by atoms with E-state index in [1.165, 1.54) is 12.2 Å². The third-order valence-electron chi connectivity index (χ3n) is 4.48. The lowest BCUT2D eigenvalue weighted by molar-refractivity contribution is -0.535. The highest BCUT2D eigenvalue weighted by atomic mass is 16.6. The Kier molecular flexibility index (Phi) is 14.2. The molecule has 0 saturated heterocycles. The first kappa shape index (κ1) is 25.1. The molecule has 4 atom stereocenters. The van der Waals surface area contributed by atoms with Gasteiger partial charge in [0.2, 0.25) is 12.1 Å². The molecule has 4 unspecified atom stereocenters. The monoisotopic (exact) mass is 387 g/mol. The van der Waals surface area contributed by atoms with Gasteiger partial charge < -0.3 is 10.2 Å². The average molecular weight is 387 g/mol. The molecule has 0 amide bonds. The smallest absolute Gasteiger partial charge is 0.241 e. The summed E-state index contributed by atoms with van der Waals surface area (Å²) in [6.07, 6.45) is 6.64. The fraction of sp³-hybridized carbons (Fsp3) is 0.833. The van der Waals surface area contributed by atoms with Crippen LogP contribution >= 0.6 is 0 Å². The predicted molar refractivity (Wildman–Crippen MR) is 100 cm³/mol. The summed E-state index contributed by atoms with van der Waals surface area (Å²) >= 11 is 0. The van der Waals surface area contributed by atoms with Crippen LogP contribution in [-0.2, 0) is 4.79 Å². The van der Waals surface area contributed by atoms with Crippen molar-refractivity contribution in [2.24, 2.45) is 0 Å². The number of unbranched alkanes of at least 4 members (excludes halogenated alkanes) is 4. The van der Waals surface area contributed by atoms with Crippen molar-refractivity contribution in [1.82, 2.24) is 0 Å². The molecular weight excluding hydrogens is 356 g/mol. The number of aliphatic hydroxyl groups is 2. The highest BCUT2D eigenvalue weighted by Gasteiger charge is 2.29. The molecule has 2 N–H and O–H groups in total. The molecule has 0 spiro atoms. The van der Waals surface area contributed by atoms with Crippen molar-refractivity contribution >= 4 is 6.29 Å². The van der Waals surface area contributed by atoms with E-state index in [0.717, 1.165) is 12.8 Å². The van der Waals surface area contributed by atoms with E-state index in [1.54, 1.807) is 6.29 Å². The van der Waals surface area contributed by atoms with Gasteiger partial charge in [-0.25, -0.2) is 0 Å². The Balaban J connectivity index is 4.48. The largest absolute Gasteiger partial charge is 0.386 e. The zero-order chi connectivity index (χ0) is 20.7. The minimum atomic E-state index is -1.19. The van der Waals surface area contributed by atoms with Crippen molar-refractivity contribution in [3.63, 3.8) is 0 Å². The Labute approximate surface area is 159 Å². The molecule has 27 heavy (non-hydrogen) atoms.